The van der Waals surface area contributed by atoms with Gasteiger partial charge in [0.1, 0.15) is 10.6 Å². The Kier molecular flexibility index (Phi) is 3.78. The molecule has 0 saturated carbocycles. The molecule has 0 aliphatic heterocycles. The molecule has 0 spiro atoms. The zero-order chi connectivity index (χ0) is 14.9. The standard InChI is InChI=1S/C14H16N2O3S/c1-9-4-5-10(2)14(11(9)3)19-13-7-6-12(8-16-13)20(15,17)18/h4-8H,1-3H3,(H2,15,17,18). The van der Waals surface area contributed by atoms with Crippen LogP contribution in [0.4, 0.5) is 0 Å². The minimum atomic E-state index is -3.73. The number of hydrogen-bond acceptors (Lipinski definition) is 4. The number of benzene rings is 1. The lowest BCUT2D eigenvalue weighted by Gasteiger charge is -2.13. The van der Waals surface area contributed by atoms with Crippen molar-refractivity contribution in [2.75, 3.05) is 0 Å². The first kappa shape index (κ1) is 14.5. The molecule has 2 N–H and O–H groups in total. The summed E-state index contributed by atoms with van der Waals surface area (Å²) < 4.78 is 28.0. The number of aromatic nitrogens is 1. The van der Waals surface area contributed by atoms with Crippen molar-refractivity contribution in [1.29, 1.82) is 0 Å². The van der Waals surface area contributed by atoms with E-state index in [1.165, 1.54) is 18.3 Å². The molecule has 20 heavy (non-hydrogen) atoms. The topological polar surface area (TPSA) is 82.3 Å². The summed E-state index contributed by atoms with van der Waals surface area (Å²) in [6.45, 7) is 5.91. The van der Waals surface area contributed by atoms with Crippen molar-refractivity contribution in [3.63, 3.8) is 0 Å². The lowest BCUT2D eigenvalue weighted by atomic mass is 10.1. The first-order valence-electron chi connectivity index (χ1n) is 6.02. The van der Waals surface area contributed by atoms with Crippen LogP contribution in [0.25, 0.3) is 0 Å². The van der Waals surface area contributed by atoms with Gasteiger partial charge in [-0.3, -0.25) is 0 Å². The van der Waals surface area contributed by atoms with E-state index in [9.17, 15) is 8.42 Å². The summed E-state index contributed by atoms with van der Waals surface area (Å²) in [4.78, 5) is 3.93. The van der Waals surface area contributed by atoms with Gasteiger partial charge in [-0.1, -0.05) is 12.1 Å². The van der Waals surface area contributed by atoms with Crippen LogP contribution in [-0.2, 0) is 10.0 Å². The number of nitrogens with two attached hydrogens (primary N) is 1. The highest BCUT2D eigenvalue weighted by atomic mass is 32.2. The highest BCUT2D eigenvalue weighted by Gasteiger charge is 2.11. The van der Waals surface area contributed by atoms with Crippen LogP contribution in [0.2, 0.25) is 0 Å². The van der Waals surface area contributed by atoms with Gasteiger partial charge in [0.25, 0.3) is 0 Å². The van der Waals surface area contributed by atoms with Crippen LogP contribution >= 0.6 is 0 Å². The second-order valence-electron chi connectivity index (χ2n) is 4.63. The smallest absolute Gasteiger partial charge is 0.239 e. The third-order valence-corrected chi connectivity index (χ3v) is 4.02. The van der Waals surface area contributed by atoms with E-state index in [2.05, 4.69) is 4.98 Å². The van der Waals surface area contributed by atoms with Gasteiger partial charge in [-0.2, -0.15) is 0 Å². The quantitative estimate of drug-likeness (QED) is 0.942. The van der Waals surface area contributed by atoms with Crippen molar-refractivity contribution in [2.45, 2.75) is 25.7 Å². The largest absolute Gasteiger partial charge is 0.438 e. The molecule has 1 aromatic heterocycles. The zero-order valence-corrected chi connectivity index (χ0v) is 12.4. The van der Waals surface area contributed by atoms with Gasteiger partial charge in [0.15, 0.2) is 0 Å². The van der Waals surface area contributed by atoms with Crippen LogP contribution in [0, 0.1) is 20.8 Å². The van der Waals surface area contributed by atoms with Crippen molar-refractivity contribution >= 4 is 10.0 Å². The van der Waals surface area contributed by atoms with Crippen LogP contribution in [0.3, 0.4) is 0 Å². The molecule has 0 saturated heterocycles. The fourth-order valence-corrected chi connectivity index (χ4v) is 2.24. The number of pyridine rings is 1. The molecule has 0 atom stereocenters. The summed E-state index contributed by atoms with van der Waals surface area (Å²) in [5, 5.41) is 5.02. The Morgan fingerprint density at radius 3 is 2.25 bits per heavy atom. The number of hydrogen-bond donors (Lipinski definition) is 1. The van der Waals surface area contributed by atoms with E-state index in [0.29, 0.717) is 5.88 Å². The summed E-state index contributed by atoms with van der Waals surface area (Å²) in [6, 6.07) is 6.85. The van der Waals surface area contributed by atoms with Crippen molar-refractivity contribution in [1.82, 2.24) is 4.98 Å². The van der Waals surface area contributed by atoms with Crippen LogP contribution in [0.5, 0.6) is 11.6 Å². The predicted molar refractivity (Wildman–Crippen MR) is 76.3 cm³/mol. The van der Waals surface area contributed by atoms with E-state index in [4.69, 9.17) is 9.88 Å². The fourth-order valence-electron chi connectivity index (χ4n) is 1.78. The normalized spacial score (nSPS) is 11.4. The molecular formula is C14H16N2O3S. The van der Waals surface area contributed by atoms with Gasteiger partial charge in [-0.15, -0.1) is 0 Å². The van der Waals surface area contributed by atoms with Crippen LogP contribution in [0.15, 0.2) is 35.4 Å². The summed E-state index contributed by atoms with van der Waals surface area (Å²) in [5.41, 5.74) is 3.14. The summed E-state index contributed by atoms with van der Waals surface area (Å²) in [5.74, 6) is 1.06. The molecule has 6 heteroatoms. The van der Waals surface area contributed by atoms with Gasteiger partial charge in [0.2, 0.25) is 15.9 Å². The zero-order valence-electron chi connectivity index (χ0n) is 11.5. The van der Waals surface area contributed by atoms with E-state index < -0.39 is 10.0 Å². The predicted octanol–water partition coefficient (Wildman–Crippen LogP) is 2.45. The third-order valence-electron chi connectivity index (χ3n) is 3.12. The van der Waals surface area contributed by atoms with Gasteiger partial charge in [0, 0.05) is 6.07 Å². The first-order chi connectivity index (χ1) is 9.29. The summed E-state index contributed by atoms with van der Waals surface area (Å²) >= 11 is 0. The van der Waals surface area contributed by atoms with Gasteiger partial charge < -0.3 is 4.74 Å². The third kappa shape index (κ3) is 2.97. The Balaban J connectivity index is 2.34. The molecule has 5 nitrogen and oxygen atoms in total. The maximum Gasteiger partial charge on any atom is 0.239 e. The highest BCUT2D eigenvalue weighted by Crippen LogP contribution is 2.29. The number of aryl methyl sites for hydroxylation is 2. The van der Waals surface area contributed by atoms with E-state index >= 15 is 0 Å². The lowest BCUT2D eigenvalue weighted by molar-refractivity contribution is 0.454. The molecule has 0 bridgehead atoms. The lowest BCUT2D eigenvalue weighted by Crippen LogP contribution is -2.12. The molecule has 0 aliphatic carbocycles. The van der Waals surface area contributed by atoms with Crippen molar-refractivity contribution in [3.05, 3.63) is 47.2 Å². The molecule has 2 aromatic rings. The molecule has 0 fully saturated rings. The van der Waals surface area contributed by atoms with E-state index in [-0.39, 0.29) is 4.90 Å². The van der Waals surface area contributed by atoms with Crippen LogP contribution in [0.1, 0.15) is 16.7 Å². The highest BCUT2D eigenvalue weighted by molar-refractivity contribution is 7.89. The van der Waals surface area contributed by atoms with Crippen molar-refractivity contribution in [2.24, 2.45) is 5.14 Å². The molecular weight excluding hydrogens is 276 g/mol. The number of rotatable bonds is 3. The molecule has 1 aromatic carbocycles. The first-order valence-corrected chi connectivity index (χ1v) is 7.57. The summed E-state index contributed by atoms with van der Waals surface area (Å²) in [7, 11) is -3.73. The summed E-state index contributed by atoms with van der Waals surface area (Å²) in [6.07, 6.45) is 1.19. The minimum Gasteiger partial charge on any atom is -0.438 e. The molecule has 0 radical (unpaired) electrons. The Bertz CT molecular complexity index is 738. The number of primary sulfonamides is 1. The second kappa shape index (κ2) is 5.22. The Morgan fingerprint density at radius 2 is 1.70 bits per heavy atom. The number of ether oxygens (including phenoxy) is 1. The number of sulfonamides is 1. The maximum absolute atomic E-state index is 11.2. The van der Waals surface area contributed by atoms with Crippen molar-refractivity contribution in [3.8, 4) is 11.6 Å². The molecule has 0 amide bonds. The van der Waals surface area contributed by atoms with Crippen molar-refractivity contribution < 1.29 is 13.2 Å². The van der Waals surface area contributed by atoms with E-state index in [1.807, 2.05) is 32.9 Å². The fraction of sp³-hybridized carbons (Fsp3) is 0.214. The SMILES string of the molecule is Cc1ccc(C)c(Oc2ccc(S(N)(=O)=O)cn2)c1C. The average Bonchev–Trinajstić information content (AvgIpc) is 2.39. The second-order valence-corrected chi connectivity index (χ2v) is 6.19. The Labute approximate surface area is 118 Å². The van der Waals surface area contributed by atoms with E-state index in [0.717, 1.165) is 22.4 Å². The van der Waals surface area contributed by atoms with Gasteiger partial charge in [-0.25, -0.2) is 18.5 Å². The average molecular weight is 292 g/mol. The molecule has 1 heterocycles. The van der Waals surface area contributed by atoms with Crippen LogP contribution in [-0.4, -0.2) is 13.4 Å². The molecule has 2 rings (SSSR count). The Morgan fingerprint density at radius 1 is 1.05 bits per heavy atom. The number of nitrogens with zero attached hydrogens (tertiary/aromatic N) is 1. The van der Waals surface area contributed by atoms with Crippen LogP contribution < -0.4 is 9.88 Å². The molecule has 0 unspecified atom stereocenters. The molecule has 106 valence electrons. The minimum absolute atomic E-state index is 0.0393. The monoisotopic (exact) mass is 292 g/mol. The molecule has 0 aliphatic rings. The Hall–Kier alpha value is -1.92. The van der Waals surface area contributed by atoms with Gasteiger partial charge in [-0.05, 0) is 43.5 Å². The maximum atomic E-state index is 11.2. The van der Waals surface area contributed by atoms with Gasteiger partial charge in [0.05, 0.1) is 6.20 Å². The van der Waals surface area contributed by atoms with E-state index in [1.54, 1.807) is 0 Å². The van der Waals surface area contributed by atoms with Gasteiger partial charge >= 0.3 is 0 Å².